The molecule has 0 saturated heterocycles. The maximum absolute atomic E-state index is 9.86. The van der Waals surface area contributed by atoms with Gasteiger partial charge in [0.15, 0.2) is 11.5 Å². The Morgan fingerprint density at radius 2 is 1.89 bits per heavy atom. The summed E-state index contributed by atoms with van der Waals surface area (Å²) in [7, 11) is 3.30. The minimum Gasteiger partial charge on any atom is -0.493 e. The fourth-order valence-electron chi connectivity index (χ4n) is 2.57. The van der Waals surface area contributed by atoms with Gasteiger partial charge >= 0.3 is 0 Å². The van der Waals surface area contributed by atoms with E-state index < -0.39 is 0 Å². The highest BCUT2D eigenvalue weighted by Crippen LogP contribution is 2.42. The van der Waals surface area contributed by atoms with Crippen LogP contribution < -0.4 is 9.47 Å². The van der Waals surface area contributed by atoms with Gasteiger partial charge in [-0.2, -0.15) is 0 Å². The second-order valence-electron chi connectivity index (χ2n) is 4.76. The first-order valence-electron chi connectivity index (χ1n) is 6.19. The Balaban J connectivity index is 2.60. The van der Waals surface area contributed by atoms with Crippen molar-refractivity contribution in [2.75, 3.05) is 14.2 Å². The van der Waals surface area contributed by atoms with Crippen LogP contribution in [0.3, 0.4) is 0 Å². The number of allylic oxidation sites excluding steroid dienone is 1. The van der Waals surface area contributed by atoms with Crippen LogP contribution in [0, 0.1) is 6.92 Å². The number of hydrogen-bond donors (Lipinski definition) is 1. The lowest BCUT2D eigenvalue weighted by atomic mass is 9.99. The van der Waals surface area contributed by atoms with Crippen LogP contribution in [0.1, 0.15) is 30.9 Å². The fraction of sp³-hybridized carbons (Fsp3) is 0.467. The van der Waals surface area contributed by atoms with Crippen LogP contribution in [0.4, 0.5) is 0 Å². The summed E-state index contributed by atoms with van der Waals surface area (Å²) in [5, 5.41) is 9.86. The number of rotatable bonds is 3. The average molecular weight is 248 g/mol. The highest BCUT2D eigenvalue weighted by Gasteiger charge is 2.24. The molecule has 0 heterocycles. The zero-order valence-electron chi connectivity index (χ0n) is 11.4. The first-order valence-corrected chi connectivity index (χ1v) is 6.19. The number of hydrogen-bond acceptors (Lipinski definition) is 3. The molecule has 98 valence electrons. The Hall–Kier alpha value is -1.48. The molecular formula is C15H20O3. The maximum Gasteiger partial charge on any atom is 0.168 e. The largest absolute Gasteiger partial charge is 0.493 e. The van der Waals surface area contributed by atoms with Crippen molar-refractivity contribution in [2.45, 2.75) is 32.8 Å². The van der Waals surface area contributed by atoms with Crippen molar-refractivity contribution in [3.8, 4) is 11.5 Å². The lowest BCUT2D eigenvalue weighted by Crippen LogP contribution is -2.01. The van der Waals surface area contributed by atoms with Gasteiger partial charge < -0.3 is 14.6 Å². The monoisotopic (exact) mass is 248 g/mol. The molecule has 0 saturated carbocycles. The number of ether oxygens (including phenoxy) is 2. The zero-order chi connectivity index (χ0) is 13.3. The number of aliphatic hydroxyl groups excluding tert-OH is 1. The molecule has 1 unspecified atom stereocenters. The van der Waals surface area contributed by atoms with Crippen LogP contribution in [0.5, 0.6) is 11.5 Å². The molecule has 0 fully saturated rings. The van der Waals surface area contributed by atoms with Crippen molar-refractivity contribution in [3.63, 3.8) is 0 Å². The third-order valence-electron chi connectivity index (χ3n) is 3.59. The normalized spacial score (nSPS) is 19.3. The highest BCUT2D eigenvalue weighted by atomic mass is 16.5. The molecule has 0 aromatic heterocycles. The Bertz CT molecular complexity index is 489. The molecule has 1 atom stereocenters. The van der Waals surface area contributed by atoms with Crippen LogP contribution in [0.2, 0.25) is 0 Å². The molecule has 1 aliphatic carbocycles. The molecule has 0 spiro atoms. The SMILES string of the molecule is COc1cc(C)cc(C2=C(C)C(O)CC2)c1OC. The molecule has 3 nitrogen and oxygen atoms in total. The molecule has 1 aliphatic rings. The summed E-state index contributed by atoms with van der Waals surface area (Å²) >= 11 is 0. The van der Waals surface area contributed by atoms with Gasteiger partial charge in [0.05, 0.1) is 20.3 Å². The van der Waals surface area contributed by atoms with Crippen LogP contribution in [-0.4, -0.2) is 25.4 Å². The smallest absolute Gasteiger partial charge is 0.168 e. The van der Waals surface area contributed by atoms with Gasteiger partial charge in [0, 0.05) is 5.56 Å². The van der Waals surface area contributed by atoms with Crippen molar-refractivity contribution in [3.05, 3.63) is 28.8 Å². The predicted octanol–water partition coefficient (Wildman–Crippen LogP) is 2.94. The minimum absolute atomic E-state index is 0.323. The first-order chi connectivity index (χ1) is 8.58. The second-order valence-corrected chi connectivity index (χ2v) is 4.76. The Kier molecular flexibility index (Phi) is 3.62. The summed E-state index contributed by atoms with van der Waals surface area (Å²) in [4.78, 5) is 0. The second kappa shape index (κ2) is 5.02. The number of aryl methyl sites for hydroxylation is 1. The van der Waals surface area contributed by atoms with E-state index in [1.807, 2.05) is 19.9 Å². The molecule has 0 aliphatic heterocycles. The Morgan fingerprint density at radius 3 is 2.39 bits per heavy atom. The fourth-order valence-corrected chi connectivity index (χ4v) is 2.57. The van der Waals surface area contributed by atoms with Crippen molar-refractivity contribution >= 4 is 5.57 Å². The van der Waals surface area contributed by atoms with E-state index in [0.717, 1.165) is 41.0 Å². The Morgan fingerprint density at radius 1 is 1.17 bits per heavy atom. The molecule has 0 bridgehead atoms. The van der Waals surface area contributed by atoms with Crippen molar-refractivity contribution in [1.82, 2.24) is 0 Å². The summed E-state index contributed by atoms with van der Waals surface area (Å²) in [6, 6.07) is 4.06. The lowest BCUT2D eigenvalue weighted by molar-refractivity contribution is 0.212. The predicted molar refractivity (Wildman–Crippen MR) is 72.1 cm³/mol. The maximum atomic E-state index is 9.86. The first kappa shape index (κ1) is 13.0. The van der Waals surface area contributed by atoms with E-state index in [1.165, 1.54) is 5.57 Å². The lowest BCUT2D eigenvalue weighted by Gasteiger charge is -2.15. The summed E-state index contributed by atoms with van der Waals surface area (Å²) < 4.78 is 10.8. The van der Waals surface area contributed by atoms with Gasteiger partial charge in [-0.15, -0.1) is 0 Å². The van der Waals surface area contributed by atoms with Crippen molar-refractivity contribution in [2.24, 2.45) is 0 Å². The van der Waals surface area contributed by atoms with Gasteiger partial charge in [-0.1, -0.05) is 0 Å². The third-order valence-corrected chi connectivity index (χ3v) is 3.59. The minimum atomic E-state index is -0.323. The molecule has 1 aromatic rings. The standard InChI is InChI=1S/C15H20O3/c1-9-7-12(11-5-6-13(16)10(11)2)15(18-4)14(8-9)17-3/h7-8,13,16H,5-6H2,1-4H3. The van der Waals surface area contributed by atoms with Crippen molar-refractivity contribution in [1.29, 1.82) is 0 Å². The molecule has 0 amide bonds. The van der Waals surface area contributed by atoms with Crippen LogP contribution in [0.25, 0.3) is 5.57 Å². The van der Waals surface area contributed by atoms with Gasteiger partial charge in [0.1, 0.15) is 0 Å². The van der Waals surface area contributed by atoms with Crippen LogP contribution in [-0.2, 0) is 0 Å². The topological polar surface area (TPSA) is 38.7 Å². The van der Waals surface area contributed by atoms with Gasteiger partial charge in [-0.3, -0.25) is 0 Å². The van der Waals surface area contributed by atoms with E-state index in [0.29, 0.717) is 0 Å². The molecular weight excluding hydrogens is 228 g/mol. The van der Waals surface area contributed by atoms with E-state index in [-0.39, 0.29) is 6.10 Å². The summed E-state index contributed by atoms with van der Waals surface area (Å²) in [6.07, 6.45) is 1.35. The van der Waals surface area contributed by atoms with Crippen molar-refractivity contribution < 1.29 is 14.6 Å². The Labute approximate surface area is 108 Å². The third kappa shape index (κ3) is 2.10. The number of benzene rings is 1. The molecule has 1 N–H and O–H groups in total. The molecule has 2 rings (SSSR count). The van der Waals surface area contributed by atoms with E-state index in [2.05, 4.69) is 6.07 Å². The van der Waals surface area contributed by atoms with Crippen LogP contribution >= 0.6 is 0 Å². The van der Waals surface area contributed by atoms with E-state index in [9.17, 15) is 5.11 Å². The summed E-state index contributed by atoms with van der Waals surface area (Å²) in [5.74, 6) is 1.50. The van der Waals surface area contributed by atoms with Crippen LogP contribution in [0.15, 0.2) is 17.7 Å². The summed E-state index contributed by atoms with van der Waals surface area (Å²) in [5.41, 5.74) is 4.40. The summed E-state index contributed by atoms with van der Waals surface area (Å²) in [6.45, 7) is 4.02. The van der Waals surface area contributed by atoms with Gasteiger partial charge in [0.2, 0.25) is 0 Å². The highest BCUT2D eigenvalue weighted by molar-refractivity contribution is 5.77. The van der Waals surface area contributed by atoms with Gasteiger partial charge in [-0.25, -0.2) is 0 Å². The van der Waals surface area contributed by atoms with E-state index in [1.54, 1.807) is 14.2 Å². The number of methoxy groups -OCH3 is 2. The van der Waals surface area contributed by atoms with E-state index in [4.69, 9.17) is 9.47 Å². The molecule has 0 radical (unpaired) electrons. The average Bonchev–Trinajstić information content (AvgIpc) is 2.69. The van der Waals surface area contributed by atoms with Gasteiger partial charge in [-0.05, 0) is 55.5 Å². The zero-order valence-corrected chi connectivity index (χ0v) is 11.4. The quantitative estimate of drug-likeness (QED) is 0.893. The molecule has 18 heavy (non-hydrogen) atoms. The number of aliphatic hydroxyl groups is 1. The molecule has 1 aromatic carbocycles. The van der Waals surface area contributed by atoms with Gasteiger partial charge in [0.25, 0.3) is 0 Å². The van der Waals surface area contributed by atoms with E-state index >= 15 is 0 Å². The molecule has 3 heteroatoms.